The molecule has 0 aliphatic carbocycles. The largest absolute Gasteiger partial charge is 0.301 e. The van der Waals surface area contributed by atoms with E-state index in [1.165, 1.54) is 18.3 Å². The first kappa shape index (κ1) is 16.0. The highest BCUT2D eigenvalue weighted by Crippen LogP contribution is 2.28. The van der Waals surface area contributed by atoms with Crippen molar-refractivity contribution in [3.8, 4) is 0 Å². The van der Waals surface area contributed by atoms with Gasteiger partial charge in [0, 0.05) is 11.5 Å². The number of non-ortho nitro benzene ring substituents is 1. The van der Waals surface area contributed by atoms with Gasteiger partial charge >= 0.3 is 5.69 Å². The Morgan fingerprint density at radius 3 is 2.56 bits per heavy atom. The predicted octanol–water partition coefficient (Wildman–Crippen LogP) is 3.50. The van der Waals surface area contributed by atoms with E-state index in [-0.39, 0.29) is 11.4 Å². The van der Waals surface area contributed by atoms with Crippen molar-refractivity contribution in [2.24, 2.45) is 5.10 Å². The summed E-state index contributed by atoms with van der Waals surface area (Å²) in [5.74, 6) is 0. The van der Waals surface area contributed by atoms with E-state index in [1.54, 1.807) is 6.07 Å². The average molecular weight is 337 g/mol. The van der Waals surface area contributed by atoms with Gasteiger partial charge in [0.15, 0.2) is 0 Å². The number of rotatable bonds is 5. The van der Waals surface area contributed by atoms with Crippen LogP contribution < -0.4 is 5.43 Å². The zero-order valence-corrected chi connectivity index (χ0v) is 12.7. The zero-order chi connectivity index (χ0) is 17.8. The van der Waals surface area contributed by atoms with Crippen LogP contribution in [0.3, 0.4) is 0 Å². The second-order valence-electron chi connectivity index (χ2n) is 5.01. The van der Waals surface area contributed by atoms with Crippen molar-refractivity contribution < 1.29 is 9.85 Å². The molecule has 0 amide bonds. The highest BCUT2D eigenvalue weighted by atomic mass is 16.6. The maximum Gasteiger partial charge on any atom is 0.301 e. The molecule has 0 aliphatic rings. The molecule has 1 aromatic heterocycles. The highest BCUT2D eigenvalue weighted by Gasteiger charge is 2.19. The molecule has 124 valence electrons. The lowest BCUT2D eigenvalue weighted by atomic mass is 10.2. The fourth-order valence-electron chi connectivity index (χ4n) is 2.20. The van der Waals surface area contributed by atoms with Crippen LogP contribution in [-0.2, 0) is 0 Å². The van der Waals surface area contributed by atoms with Crippen LogP contribution in [0, 0.1) is 20.2 Å². The van der Waals surface area contributed by atoms with E-state index in [4.69, 9.17) is 0 Å². The maximum atomic E-state index is 11.1. The number of fused-ring (bicyclic) bond motifs is 1. The van der Waals surface area contributed by atoms with E-state index >= 15 is 0 Å². The Labute approximate surface area is 140 Å². The Hall–Kier alpha value is -3.88. The smallest absolute Gasteiger partial charge is 0.272 e. The number of nitro benzene ring substituents is 2. The van der Waals surface area contributed by atoms with E-state index < -0.39 is 15.5 Å². The van der Waals surface area contributed by atoms with Gasteiger partial charge in [0.2, 0.25) is 0 Å². The molecule has 2 aromatic carbocycles. The summed E-state index contributed by atoms with van der Waals surface area (Å²) in [7, 11) is 0. The lowest BCUT2D eigenvalue weighted by Gasteiger charge is -2.02. The summed E-state index contributed by atoms with van der Waals surface area (Å²) in [5, 5.41) is 26.7. The number of nitro groups is 2. The van der Waals surface area contributed by atoms with Gasteiger partial charge in [0.05, 0.1) is 33.3 Å². The molecule has 1 heterocycles. The normalized spacial score (nSPS) is 10.9. The van der Waals surface area contributed by atoms with Crippen molar-refractivity contribution in [3.63, 3.8) is 0 Å². The first-order chi connectivity index (χ1) is 12.0. The van der Waals surface area contributed by atoms with E-state index in [9.17, 15) is 20.2 Å². The number of para-hydroxylation sites is 1. The summed E-state index contributed by atoms with van der Waals surface area (Å²) in [6.07, 6.45) is 1.41. The predicted molar refractivity (Wildman–Crippen MR) is 92.7 cm³/mol. The molecule has 0 fully saturated rings. The molecule has 0 spiro atoms. The molecule has 0 radical (unpaired) electrons. The fourth-order valence-corrected chi connectivity index (χ4v) is 2.20. The second-order valence-corrected chi connectivity index (χ2v) is 5.01. The number of hydrogen-bond donors (Lipinski definition) is 1. The van der Waals surface area contributed by atoms with Crippen molar-refractivity contribution in [2.45, 2.75) is 0 Å². The Balaban J connectivity index is 1.83. The average Bonchev–Trinajstić information content (AvgIpc) is 2.61. The molecule has 9 heteroatoms. The van der Waals surface area contributed by atoms with Crippen molar-refractivity contribution in [3.05, 3.63) is 80.5 Å². The van der Waals surface area contributed by atoms with Crippen LogP contribution in [-0.4, -0.2) is 21.0 Å². The standard InChI is InChI=1S/C16H11N5O4/c22-20(23)13-7-8-15(16(9-13)21(24)25)19-17-10-12-6-5-11-3-1-2-4-14(11)18-12/h1-10,19H/b17-10-. The van der Waals surface area contributed by atoms with Crippen LogP contribution in [0.1, 0.15) is 5.69 Å². The third-order valence-corrected chi connectivity index (χ3v) is 3.39. The van der Waals surface area contributed by atoms with Crippen LogP contribution in [0.5, 0.6) is 0 Å². The van der Waals surface area contributed by atoms with Crippen LogP contribution in [0.25, 0.3) is 10.9 Å². The van der Waals surface area contributed by atoms with E-state index in [2.05, 4.69) is 15.5 Å². The zero-order valence-electron chi connectivity index (χ0n) is 12.7. The Bertz CT molecular complexity index is 1000. The first-order valence-corrected chi connectivity index (χ1v) is 7.12. The first-order valence-electron chi connectivity index (χ1n) is 7.12. The number of hydrogen-bond acceptors (Lipinski definition) is 7. The topological polar surface area (TPSA) is 124 Å². The fraction of sp³-hybridized carbons (Fsp3) is 0. The molecule has 0 atom stereocenters. The van der Waals surface area contributed by atoms with Gasteiger partial charge in [-0.15, -0.1) is 0 Å². The van der Waals surface area contributed by atoms with Gasteiger partial charge in [-0.05, 0) is 18.2 Å². The van der Waals surface area contributed by atoms with Gasteiger partial charge < -0.3 is 0 Å². The molecule has 1 N–H and O–H groups in total. The lowest BCUT2D eigenvalue weighted by molar-refractivity contribution is -0.393. The molecular formula is C16H11N5O4. The molecule has 0 bridgehead atoms. The summed E-state index contributed by atoms with van der Waals surface area (Å²) >= 11 is 0. The quantitative estimate of drug-likeness (QED) is 0.432. The number of pyridine rings is 1. The van der Waals surface area contributed by atoms with E-state index in [1.807, 2.05) is 30.3 Å². The number of nitrogens with one attached hydrogen (secondary N) is 1. The Morgan fingerprint density at radius 1 is 1.00 bits per heavy atom. The number of anilines is 1. The molecule has 3 aromatic rings. The van der Waals surface area contributed by atoms with Crippen LogP contribution in [0.4, 0.5) is 17.1 Å². The lowest BCUT2D eigenvalue weighted by Crippen LogP contribution is -1.99. The number of benzene rings is 2. The maximum absolute atomic E-state index is 11.1. The molecule has 0 saturated carbocycles. The van der Waals surface area contributed by atoms with Crippen molar-refractivity contribution in [1.82, 2.24) is 4.98 Å². The van der Waals surface area contributed by atoms with E-state index in [0.717, 1.165) is 17.0 Å². The summed E-state index contributed by atoms with van der Waals surface area (Å²) in [6, 6.07) is 14.5. The van der Waals surface area contributed by atoms with Gasteiger partial charge in [-0.25, -0.2) is 4.98 Å². The summed E-state index contributed by atoms with van der Waals surface area (Å²) < 4.78 is 0. The number of aromatic nitrogens is 1. The monoisotopic (exact) mass is 337 g/mol. The van der Waals surface area contributed by atoms with Gasteiger partial charge in [0.1, 0.15) is 5.69 Å². The molecule has 0 unspecified atom stereocenters. The Morgan fingerprint density at radius 2 is 1.80 bits per heavy atom. The van der Waals surface area contributed by atoms with Gasteiger partial charge in [-0.3, -0.25) is 25.7 Å². The molecule has 0 aliphatic heterocycles. The third-order valence-electron chi connectivity index (χ3n) is 3.39. The van der Waals surface area contributed by atoms with E-state index in [0.29, 0.717) is 5.69 Å². The molecular weight excluding hydrogens is 326 g/mol. The highest BCUT2D eigenvalue weighted by molar-refractivity contribution is 5.85. The SMILES string of the molecule is O=[N+]([O-])c1ccc(N/N=C\c2ccc3ccccc3n2)c([N+](=O)[O-])c1. The van der Waals surface area contributed by atoms with Crippen molar-refractivity contribution >= 4 is 34.2 Å². The number of hydrazone groups is 1. The van der Waals surface area contributed by atoms with Crippen molar-refractivity contribution in [1.29, 1.82) is 0 Å². The Kier molecular flexibility index (Phi) is 4.29. The van der Waals surface area contributed by atoms with Crippen LogP contribution >= 0.6 is 0 Å². The molecule has 9 nitrogen and oxygen atoms in total. The van der Waals surface area contributed by atoms with Gasteiger partial charge in [-0.2, -0.15) is 5.10 Å². The summed E-state index contributed by atoms with van der Waals surface area (Å²) in [5.41, 5.74) is 3.14. The minimum absolute atomic E-state index is 0.0487. The van der Waals surface area contributed by atoms with Crippen LogP contribution in [0.15, 0.2) is 59.7 Å². The minimum atomic E-state index is -0.709. The van der Waals surface area contributed by atoms with Gasteiger partial charge in [-0.1, -0.05) is 24.3 Å². The second kappa shape index (κ2) is 6.71. The van der Waals surface area contributed by atoms with Crippen LogP contribution in [0.2, 0.25) is 0 Å². The summed E-state index contributed by atoms with van der Waals surface area (Å²) in [6.45, 7) is 0. The molecule has 3 rings (SSSR count). The van der Waals surface area contributed by atoms with Crippen molar-refractivity contribution in [2.75, 3.05) is 5.43 Å². The molecule has 0 saturated heterocycles. The third kappa shape index (κ3) is 3.55. The minimum Gasteiger partial charge on any atom is -0.272 e. The molecule has 25 heavy (non-hydrogen) atoms. The number of nitrogens with zero attached hydrogens (tertiary/aromatic N) is 4. The van der Waals surface area contributed by atoms with Gasteiger partial charge in [0.25, 0.3) is 5.69 Å². The summed E-state index contributed by atoms with van der Waals surface area (Å²) in [4.78, 5) is 24.8.